The summed E-state index contributed by atoms with van der Waals surface area (Å²) in [5.74, 6) is -0.837. The van der Waals surface area contributed by atoms with E-state index in [1.54, 1.807) is 30.5 Å². The first-order chi connectivity index (χ1) is 10.2. The Morgan fingerprint density at radius 1 is 1.14 bits per heavy atom. The summed E-state index contributed by atoms with van der Waals surface area (Å²) < 4.78 is 18.8. The van der Waals surface area contributed by atoms with Gasteiger partial charge in [0.25, 0.3) is 0 Å². The number of oxazole rings is 1. The Labute approximate surface area is 117 Å². The summed E-state index contributed by atoms with van der Waals surface area (Å²) in [6.07, 6.45) is 1.67. The average molecular weight is 280 g/mol. The molecule has 4 rings (SSSR count). The van der Waals surface area contributed by atoms with E-state index in [-0.39, 0.29) is 5.82 Å². The van der Waals surface area contributed by atoms with Crippen molar-refractivity contribution in [2.24, 2.45) is 0 Å². The highest BCUT2D eigenvalue weighted by molar-refractivity contribution is 5.95. The molecule has 0 bridgehead atoms. The second-order valence-corrected chi connectivity index (χ2v) is 4.75. The van der Waals surface area contributed by atoms with E-state index >= 15 is 0 Å². The van der Waals surface area contributed by atoms with Gasteiger partial charge in [-0.3, -0.25) is 9.97 Å². The molecule has 0 amide bonds. The van der Waals surface area contributed by atoms with Gasteiger partial charge in [0, 0.05) is 17.1 Å². The quantitative estimate of drug-likeness (QED) is 0.580. The third-order valence-electron chi connectivity index (χ3n) is 3.40. The third kappa shape index (κ3) is 1.90. The molecule has 0 unspecified atom stereocenters. The van der Waals surface area contributed by atoms with Crippen molar-refractivity contribution in [2.75, 3.05) is 0 Å². The van der Waals surface area contributed by atoms with Gasteiger partial charge in [-0.15, -0.1) is 0 Å². The number of H-pyrrole nitrogens is 1. The monoisotopic (exact) mass is 280 g/mol. The van der Waals surface area contributed by atoms with Gasteiger partial charge >= 0.3 is 5.76 Å². The second kappa shape index (κ2) is 4.28. The summed E-state index contributed by atoms with van der Waals surface area (Å²) in [6.45, 7) is 0. The zero-order valence-electron chi connectivity index (χ0n) is 10.8. The van der Waals surface area contributed by atoms with Crippen LogP contribution in [0.4, 0.5) is 4.39 Å². The van der Waals surface area contributed by atoms with Crippen molar-refractivity contribution >= 4 is 22.0 Å². The first kappa shape index (κ1) is 11.8. The predicted molar refractivity (Wildman–Crippen MR) is 77.5 cm³/mol. The van der Waals surface area contributed by atoms with Gasteiger partial charge < -0.3 is 4.42 Å². The molecule has 5 heteroatoms. The van der Waals surface area contributed by atoms with Crippen LogP contribution in [0, 0.1) is 5.82 Å². The van der Waals surface area contributed by atoms with Crippen LogP contribution in [0.1, 0.15) is 0 Å². The van der Waals surface area contributed by atoms with Gasteiger partial charge in [-0.1, -0.05) is 12.1 Å². The van der Waals surface area contributed by atoms with Crippen LogP contribution in [0.2, 0.25) is 0 Å². The number of aromatic amines is 1. The molecule has 4 nitrogen and oxygen atoms in total. The van der Waals surface area contributed by atoms with Gasteiger partial charge in [0.05, 0.1) is 11.0 Å². The molecule has 102 valence electrons. The molecule has 0 atom stereocenters. The van der Waals surface area contributed by atoms with Gasteiger partial charge in [-0.2, -0.15) is 0 Å². The number of nitrogens with zero attached hydrogens (tertiary/aromatic N) is 1. The highest BCUT2D eigenvalue weighted by Gasteiger charge is 2.10. The van der Waals surface area contributed by atoms with Gasteiger partial charge in [-0.05, 0) is 35.9 Å². The molecule has 0 saturated carbocycles. The smallest absolute Gasteiger partial charge is 0.408 e. The molecule has 0 fully saturated rings. The van der Waals surface area contributed by atoms with Gasteiger partial charge in [0.15, 0.2) is 5.58 Å². The number of fused-ring (bicyclic) bond motifs is 2. The fraction of sp³-hybridized carbons (Fsp3) is 0. The third-order valence-corrected chi connectivity index (χ3v) is 3.40. The SMILES string of the molecule is O=c1[nH]c2cc(-c3cc(F)cc4cccnc34)ccc2o1. The van der Waals surface area contributed by atoms with Crippen molar-refractivity contribution in [2.45, 2.75) is 0 Å². The lowest BCUT2D eigenvalue weighted by Gasteiger charge is -2.06. The summed E-state index contributed by atoms with van der Waals surface area (Å²) >= 11 is 0. The van der Waals surface area contributed by atoms with Crippen LogP contribution in [0.5, 0.6) is 0 Å². The number of hydrogen-bond donors (Lipinski definition) is 1. The van der Waals surface area contributed by atoms with E-state index in [0.29, 0.717) is 22.2 Å². The van der Waals surface area contributed by atoms with Crippen LogP contribution in [-0.4, -0.2) is 9.97 Å². The van der Waals surface area contributed by atoms with Crippen molar-refractivity contribution in [1.82, 2.24) is 9.97 Å². The molecule has 21 heavy (non-hydrogen) atoms. The molecule has 4 aromatic rings. The van der Waals surface area contributed by atoms with E-state index in [1.165, 1.54) is 12.1 Å². The highest BCUT2D eigenvalue weighted by Crippen LogP contribution is 2.29. The molecular formula is C16H9FN2O2. The number of halogens is 1. The number of benzene rings is 2. The summed E-state index contributed by atoms with van der Waals surface area (Å²) in [6, 6.07) is 11.7. The Hall–Kier alpha value is -2.95. The minimum absolute atomic E-state index is 0.328. The normalized spacial score (nSPS) is 11.3. The molecule has 1 N–H and O–H groups in total. The zero-order chi connectivity index (χ0) is 14.4. The first-order valence-corrected chi connectivity index (χ1v) is 6.38. The van der Waals surface area contributed by atoms with Crippen molar-refractivity contribution in [3.63, 3.8) is 0 Å². The molecule has 0 aliphatic carbocycles. The van der Waals surface area contributed by atoms with Crippen LogP contribution < -0.4 is 5.76 Å². The molecule has 2 aromatic carbocycles. The maximum Gasteiger partial charge on any atom is 0.417 e. The number of hydrogen-bond acceptors (Lipinski definition) is 3. The van der Waals surface area contributed by atoms with Gasteiger partial charge in [0.1, 0.15) is 5.82 Å². The Bertz CT molecular complexity index is 1030. The number of pyridine rings is 1. The second-order valence-electron chi connectivity index (χ2n) is 4.75. The molecule has 0 spiro atoms. The molecule has 0 radical (unpaired) electrons. The van der Waals surface area contributed by atoms with E-state index in [4.69, 9.17) is 4.42 Å². The molecular weight excluding hydrogens is 271 g/mol. The zero-order valence-corrected chi connectivity index (χ0v) is 10.8. The molecule has 0 aliphatic heterocycles. The lowest BCUT2D eigenvalue weighted by molar-refractivity contribution is 0.555. The van der Waals surface area contributed by atoms with E-state index < -0.39 is 5.76 Å². The number of rotatable bonds is 1. The van der Waals surface area contributed by atoms with Crippen LogP contribution in [0.3, 0.4) is 0 Å². The standard InChI is InChI=1S/C16H9FN2O2/c17-11-6-10-2-1-5-18-15(10)12(8-11)9-3-4-14-13(7-9)19-16(20)21-14/h1-8H,(H,19,20). The number of nitrogens with one attached hydrogen (secondary N) is 1. The molecule has 2 aromatic heterocycles. The fourth-order valence-electron chi connectivity index (χ4n) is 2.50. The summed E-state index contributed by atoms with van der Waals surface area (Å²) in [4.78, 5) is 18.1. The summed E-state index contributed by atoms with van der Waals surface area (Å²) in [5, 5.41) is 0.730. The molecule has 0 aliphatic rings. The average Bonchev–Trinajstić information content (AvgIpc) is 2.85. The Kier molecular flexibility index (Phi) is 2.41. The van der Waals surface area contributed by atoms with Crippen LogP contribution in [-0.2, 0) is 0 Å². The van der Waals surface area contributed by atoms with Crippen molar-refractivity contribution in [3.05, 3.63) is 65.0 Å². The van der Waals surface area contributed by atoms with Gasteiger partial charge in [0.2, 0.25) is 0 Å². The maximum absolute atomic E-state index is 13.8. The van der Waals surface area contributed by atoms with E-state index in [1.807, 2.05) is 6.07 Å². The van der Waals surface area contributed by atoms with Gasteiger partial charge in [-0.25, -0.2) is 9.18 Å². The largest absolute Gasteiger partial charge is 0.417 e. The van der Waals surface area contributed by atoms with Crippen LogP contribution in [0.15, 0.2) is 57.9 Å². The Balaban J connectivity index is 2.05. The van der Waals surface area contributed by atoms with E-state index in [0.717, 1.165) is 10.9 Å². The van der Waals surface area contributed by atoms with E-state index in [2.05, 4.69) is 9.97 Å². The Morgan fingerprint density at radius 2 is 2.05 bits per heavy atom. The minimum atomic E-state index is -0.510. The maximum atomic E-state index is 13.8. The lowest BCUT2D eigenvalue weighted by atomic mass is 10.0. The highest BCUT2D eigenvalue weighted by atomic mass is 19.1. The van der Waals surface area contributed by atoms with Crippen LogP contribution in [0.25, 0.3) is 33.1 Å². The van der Waals surface area contributed by atoms with Crippen molar-refractivity contribution in [3.8, 4) is 11.1 Å². The summed E-state index contributed by atoms with van der Waals surface area (Å²) in [7, 11) is 0. The molecule has 2 heterocycles. The predicted octanol–water partition coefficient (Wildman–Crippen LogP) is 3.48. The van der Waals surface area contributed by atoms with E-state index in [9.17, 15) is 9.18 Å². The van der Waals surface area contributed by atoms with Crippen molar-refractivity contribution < 1.29 is 8.81 Å². The minimum Gasteiger partial charge on any atom is -0.408 e. The lowest BCUT2D eigenvalue weighted by Crippen LogP contribution is -1.93. The summed E-state index contributed by atoms with van der Waals surface area (Å²) in [5.41, 5.74) is 3.20. The topological polar surface area (TPSA) is 58.9 Å². The van der Waals surface area contributed by atoms with Crippen LogP contribution >= 0.6 is 0 Å². The fourth-order valence-corrected chi connectivity index (χ4v) is 2.50. The van der Waals surface area contributed by atoms with Crippen molar-refractivity contribution in [1.29, 1.82) is 0 Å². The number of aromatic nitrogens is 2. The molecule has 0 saturated heterocycles. The first-order valence-electron chi connectivity index (χ1n) is 6.38. The Morgan fingerprint density at radius 3 is 2.95 bits per heavy atom.